The number of likely N-dealkylation sites (N-methyl/N-ethyl adjacent to an activating group) is 1. The number of nitrogens with one attached hydrogen (secondary N) is 5. The minimum atomic E-state index is -0.772. The molecule has 3 amide bonds. The van der Waals surface area contributed by atoms with Gasteiger partial charge in [-0.3, -0.25) is 35.6 Å². The third-order valence-electron chi connectivity index (χ3n) is 8.60. The highest BCUT2D eigenvalue weighted by Gasteiger charge is 2.28. The van der Waals surface area contributed by atoms with Gasteiger partial charge in [-0.1, -0.05) is 13.8 Å². The molecule has 0 saturated carbocycles. The third-order valence-corrected chi connectivity index (χ3v) is 8.60. The number of H-pyrrole nitrogens is 1. The summed E-state index contributed by atoms with van der Waals surface area (Å²) in [6.45, 7) is 9.41. The number of phenols is 2. The van der Waals surface area contributed by atoms with Gasteiger partial charge in [0.25, 0.3) is 11.8 Å². The summed E-state index contributed by atoms with van der Waals surface area (Å²) in [5, 5.41) is 43.6. The third kappa shape index (κ3) is 8.61. The summed E-state index contributed by atoms with van der Waals surface area (Å²) < 4.78 is 5.42. The number of ether oxygens (including phenoxy) is 1. The van der Waals surface area contributed by atoms with Crippen molar-refractivity contribution in [2.45, 2.75) is 33.6 Å². The maximum Gasteiger partial charge on any atom is 0.418 e. The van der Waals surface area contributed by atoms with Crippen molar-refractivity contribution in [3.63, 3.8) is 0 Å². The number of aryl methyl sites for hydroxylation is 1. The van der Waals surface area contributed by atoms with Crippen molar-refractivity contribution >= 4 is 46.8 Å². The minimum absolute atomic E-state index is 0.0149. The molecule has 5 rings (SSSR count). The average Bonchev–Trinajstić information content (AvgIpc) is 3.12. The molecule has 0 aliphatic carbocycles. The van der Waals surface area contributed by atoms with Crippen molar-refractivity contribution < 1.29 is 29.3 Å². The second kappa shape index (κ2) is 16.1. The Bertz CT molecular complexity index is 2110. The maximum atomic E-state index is 13.5. The second-order valence-electron chi connectivity index (χ2n) is 12.6. The molecule has 4 aromatic rings. The summed E-state index contributed by atoms with van der Waals surface area (Å²) in [6.07, 6.45) is 0.493. The first-order valence-electron chi connectivity index (χ1n) is 16.9. The molecule has 3 aromatic carbocycles. The molecular formula is C37H41N9O7. The largest absolute Gasteiger partial charge is 0.508 e. The highest BCUT2D eigenvalue weighted by Crippen LogP contribution is 2.34. The van der Waals surface area contributed by atoms with Gasteiger partial charge in [0, 0.05) is 61.9 Å². The molecule has 1 aromatic heterocycles. The molecule has 276 valence electrons. The maximum absolute atomic E-state index is 13.5. The van der Waals surface area contributed by atoms with Gasteiger partial charge in [0.15, 0.2) is 5.84 Å². The van der Waals surface area contributed by atoms with Gasteiger partial charge in [-0.05, 0) is 85.5 Å². The number of rotatable bonds is 8. The fourth-order valence-electron chi connectivity index (χ4n) is 5.81. The van der Waals surface area contributed by atoms with Crippen molar-refractivity contribution in [1.29, 1.82) is 10.8 Å². The van der Waals surface area contributed by atoms with Crippen LogP contribution in [0.4, 0.5) is 22.0 Å². The quantitative estimate of drug-likeness (QED) is 0.102. The summed E-state index contributed by atoms with van der Waals surface area (Å²) >= 11 is 0. The number of amidine groups is 2. The molecular weight excluding hydrogens is 682 g/mol. The Kier molecular flexibility index (Phi) is 11.4. The van der Waals surface area contributed by atoms with Crippen molar-refractivity contribution in [3.8, 4) is 17.2 Å². The van der Waals surface area contributed by atoms with E-state index >= 15 is 0 Å². The van der Waals surface area contributed by atoms with Gasteiger partial charge in [0.1, 0.15) is 28.9 Å². The molecule has 1 aliphatic rings. The van der Waals surface area contributed by atoms with Crippen LogP contribution in [0.5, 0.6) is 17.2 Å². The molecule has 2 heterocycles. The second-order valence-corrected chi connectivity index (χ2v) is 12.6. The fourth-order valence-corrected chi connectivity index (χ4v) is 5.81. The van der Waals surface area contributed by atoms with Crippen LogP contribution in [0.3, 0.4) is 0 Å². The van der Waals surface area contributed by atoms with E-state index in [0.717, 1.165) is 16.7 Å². The van der Waals surface area contributed by atoms with Crippen molar-refractivity contribution in [1.82, 2.24) is 20.2 Å². The summed E-state index contributed by atoms with van der Waals surface area (Å²) in [5.74, 6) is -2.04. The van der Waals surface area contributed by atoms with Crippen LogP contribution < -0.4 is 30.9 Å². The lowest BCUT2D eigenvalue weighted by Gasteiger charge is -2.36. The lowest BCUT2D eigenvalue weighted by Crippen LogP contribution is -2.48. The zero-order valence-corrected chi connectivity index (χ0v) is 29.7. The van der Waals surface area contributed by atoms with Crippen LogP contribution in [-0.2, 0) is 4.79 Å². The zero-order valence-electron chi connectivity index (χ0n) is 29.7. The predicted octanol–water partition coefficient (Wildman–Crippen LogP) is 4.13. The minimum Gasteiger partial charge on any atom is -0.508 e. The Labute approximate surface area is 305 Å². The van der Waals surface area contributed by atoms with Gasteiger partial charge >= 0.3 is 11.8 Å². The summed E-state index contributed by atoms with van der Waals surface area (Å²) in [7, 11) is 0. The summed E-state index contributed by atoms with van der Waals surface area (Å²) in [6, 6.07) is 15.6. The van der Waals surface area contributed by atoms with E-state index in [-0.39, 0.29) is 52.8 Å². The standard InChI is InChI=1S/C37H41N9O7/c1-5-40-34(49)33(39)46(32(38)27-19-26(21(2)3)28(47)20-29(27)48)24-8-6-23(7-9-24)35(50)45-16-14-44(15-17-45)25-10-11-30(22(4)18-25)53-37(52)43-31-12-13-41-36(51)42-31/h6-13,18-21,38-39,47-48H,5,14-17H2,1-4H3,(H,40,49)(H2,41,42,43,51,52). The first kappa shape index (κ1) is 37.5. The number of hydrogen-bond acceptors (Lipinski definition) is 11. The lowest BCUT2D eigenvalue weighted by atomic mass is 9.98. The van der Waals surface area contributed by atoms with Crippen LogP contribution in [-0.4, -0.2) is 87.4 Å². The number of hydrogen-bond donors (Lipinski definition) is 7. The van der Waals surface area contributed by atoms with E-state index in [1.807, 2.05) is 26.0 Å². The molecule has 0 radical (unpaired) electrons. The molecule has 1 fully saturated rings. The number of anilines is 3. The molecule has 16 nitrogen and oxygen atoms in total. The number of piperazine rings is 1. The van der Waals surface area contributed by atoms with Gasteiger partial charge in [-0.25, -0.2) is 14.6 Å². The smallest absolute Gasteiger partial charge is 0.418 e. The van der Waals surface area contributed by atoms with Crippen molar-refractivity contribution in [2.24, 2.45) is 0 Å². The molecule has 0 atom stereocenters. The lowest BCUT2D eigenvalue weighted by molar-refractivity contribution is -0.114. The fraction of sp³-hybridized carbons (Fsp3) is 0.270. The molecule has 7 N–H and O–H groups in total. The molecule has 16 heteroatoms. The van der Waals surface area contributed by atoms with E-state index in [0.29, 0.717) is 48.6 Å². The number of benzene rings is 3. The summed E-state index contributed by atoms with van der Waals surface area (Å²) in [4.78, 5) is 60.9. The molecule has 0 unspecified atom stereocenters. The van der Waals surface area contributed by atoms with E-state index in [4.69, 9.17) is 15.6 Å². The Morgan fingerprint density at radius 1 is 0.981 bits per heavy atom. The first-order valence-corrected chi connectivity index (χ1v) is 16.9. The Morgan fingerprint density at radius 2 is 1.68 bits per heavy atom. The van der Waals surface area contributed by atoms with E-state index in [1.54, 1.807) is 36.9 Å². The van der Waals surface area contributed by atoms with Gasteiger partial charge in [0.2, 0.25) is 0 Å². The van der Waals surface area contributed by atoms with Crippen LogP contribution in [0.2, 0.25) is 0 Å². The predicted molar refractivity (Wildman–Crippen MR) is 200 cm³/mol. The summed E-state index contributed by atoms with van der Waals surface area (Å²) in [5.41, 5.74) is 2.12. The Hall–Kier alpha value is -6.71. The van der Waals surface area contributed by atoms with E-state index in [2.05, 4.69) is 25.5 Å². The SMILES string of the molecule is CCNC(=O)C(=N)N(C(=N)c1cc(C(C)C)c(O)cc1O)c1ccc(C(=O)N2CCN(c3ccc(OC(=O)Nc4ccnc(=O)[nH]4)c(C)c3)CC2)cc1. The van der Waals surface area contributed by atoms with Crippen LogP contribution >= 0.6 is 0 Å². The Morgan fingerprint density at radius 3 is 2.30 bits per heavy atom. The number of carbonyl (C=O) groups excluding carboxylic acids is 3. The van der Waals surface area contributed by atoms with Gasteiger partial charge in [-0.15, -0.1) is 0 Å². The number of aromatic amines is 1. The average molecular weight is 724 g/mol. The number of carbonyl (C=O) groups is 3. The normalized spacial score (nSPS) is 12.6. The molecule has 0 bridgehead atoms. The van der Waals surface area contributed by atoms with E-state index in [1.165, 1.54) is 30.5 Å². The number of amides is 3. The highest BCUT2D eigenvalue weighted by atomic mass is 16.6. The first-order chi connectivity index (χ1) is 25.3. The van der Waals surface area contributed by atoms with E-state index in [9.17, 15) is 29.4 Å². The molecule has 1 aliphatic heterocycles. The van der Waals surface area contributed by atoms with Crippen LogP contribution in [0.25, 0.3) is 0 Å². The topological polar surface area (TPSA) is 228 Å². The van der Waals surface area contributed by atoms with Crippen molar-refractivity contribution in [2.75, 3.05) is 47.8 Å². The van der Waals surface area contributed by atoms with Crippen LogP contribution in [0.15, 0.2) is 71.7 Å². The van der Waals surface area contributed by atoms with Crippen LogP contribution in [0, 0.1) is 17.7 Å². The zero-order chi connectivity index (χ0) is 38.4. The molecule has 0 spiro atoms. The highest BCUT2D eigenvalue weighted by molar-refractivity contribution is 6.48. The number of phenolic OH excluding ortho intramolecular Hbond substituents is 2. The van der Waals surface area contributed by atoms with Gasteiger partial charge < -0.3 is 30.1 Å². The Balaban J connectivity index is 1.25. The number of aromatic hydroxyl groups is 2. The van der Waals surface area contributed by atoms with Gasteiger partial charge in [0.05, 0.1) is 5.56 Å². The number of aromatic nitrogens is 2. The van der Waals surface area contributed by atoms with Gasteiger partial charge in [-0.2, -0.15) is 0 Å². The number of nitrogens with zero attached hydrogens (tertiary/aromatic N) is 4. The van der Waals surface area contributed by atoms with E-state index < -0.39 is 23.5 Å². The van der Waals surface area contributed by atoms with Crippen LogP contribution in [0.1, 0.15) is 53.7 Å². The van der Waals surface area contributed by atoms with Crippen molar-refractivity contribution in [3.05, 3.63) is 99.6 Å². The molecule has 53 heavy (non-hydrogen) atoms. The monoisotopic (exact) mass is 723 g/mol. The molecule has 1 saturated heterocycles.